The molecule has 2 N–H and O–H groups in total. The van der Waals surface area contributed by atoms with Gasteiger partial charge in [0.05, 0.1) is 33.4 Å². The first-order valence-electron chi connectivity index (χ1n) is 10.2. The van der Waals surface area contributed by atoms with E-state index in [9.17, 15) is 0 Å². The van der Waals surface area contributed by atoms with Crippen molar-refractivity contribution in [2.45, 2.75) is 71.6 Å². The van der Waals surface area contributed by atoms with Crippen molar-refractivity contribution in [3.63, 3.8) is 0 Å². The predicted molar refractivity (Wildman–Crippen MR) is 102 cm³/mol. The summed E-state index contributed by atoms with van der Waals surface area (Å²) in [6.45, 7) is 8.99. The van der Waals surface area contributed by atoms with Gasteiger partial charge in [-0.3, -0.25) is 0 Å². The maximum Gasteiger partial charge on any atom is 0.102 e. The molecule has 0 fully saturated rings. The first-order chi connectivity index (χ1) is 11.5. The molecular formula is C20H44ClNO3. The lowest BCUT2D eigenvalue weighted by molar-refractivity contribution is -0.910. The average Bonchev–Trinajstić information content (AvgIpc) is 2.52. The fraction of sp³-hybridized carbons (Fsp3) is 1.00. The van der Waals surface area contributed by atoms with Gasteiger partial charge in [0.2, 0.25) is 0 Å². The Hall–Kier alpha value is 0.130. The maximum absolute atomic E-state index is 9.12. The number of aliphatic hydroxyl groups is 2. The Bertz CT molecular complexity index is 259. The Morgan fingerprint density at radius 3 is 1.72 bits per heavy atom. The quantitative estimate of drug-likeness (QED) is 0.270. The highest BCUT2D eigenvalue weighted by Crippen LogP contribution is 2.12. The molecule has 25 heavy (non-hydrogen) atoms. The molecule has 0 amide bonds. The summed E-state index contributed by atoms with van der Waals surface area (Å²) in [7, 11) is 2.09. The average molecular weight is 382 g/mol. The van der Waals surface area contributed by atoms with Crippen LogP contribution in [0.3, 0.4) is 0 Å². The van der Waals surface area contributed by atoms with Gasteiger partial charge in [0, 0.05) is 13.0 Å². The lowest BCUT2D eigenvalue weighted by Gasteiger charge is -2.33. The Morgan fingerprint density at radius 2 is 1.20 bits per heavy atom. The van der Waals surface area contributed by atoms with Crippen LogP contribution in [0.4, 0.5) is 0 Å². The van der Waals surface area contributed by atoms with Crippen LogP contribution in [-0.2, 0) is 4.74 Å². The highest BCUT2D eigenvalue weighted by molar-refractivity contribution is 4.49. The molecule has 0 bridgehead atoms. The van der Waals surface area contributed by atoms with Crippen molar-refractivity contribution in [3.05, 3.63) is 0 Å². The molecule has 0 saturated carbocycles. The standard InChI is InChI=1S/C20H44NO3.ClH/c1-20(2)12-9-7-5-4-6-8-10-18-24-19-11-13-21(3,14-16-22)15-17-23;/h20,22-23H,4-19H2,1-3H3;1H/q+1;/p-1. The molecule has 0 aromatic carbocycles. The van der Waals surface area contributed by atoms with Gasteiger partial charge in [0.1, 0.15) is 13.1 Å². The molecule has 0 aliphatic heterocycles. The summed E-state index contributed by atoms with van der Waals surface area (Å²) < 4.78 is 6.45. The number of rotatable bonds is 18. The molecule has 0 unspecified atom stereocenters. The van der Waals surface area contributed by atoms with Crippen LogP contribution in [0.2, 0.25) is 0 Å². The smallest absolute Gasteiger partial charge is 0.102 e. The van der Waals surface area contributed by atoms with Crippen LogP contribution < -0.4 is 12.4 Å². The second-order valence-electron chi connectivity index (χ2n) is 7.86. The summed E-state index contributed by atoms with van der Waals surface area (Å²) in [6, 6.07) is 0. The van der Waals surface area contributed by atoms with Crippen molar-refractivity contribution >= 4 is 0 Å². The van der Waals surface area contributed by atoms with E-state index in [4.69, 9.17) is 14.9 Å². The maximum atomic E-state index is 9.12. The zero-order valence-corrected chi connectivity index (χ0v) is 17.8. The third kappa shape index (κ3) is 18.7. The fourth-order valence-corrected chi connectivity index (χ4v) is 3.11. The number of halogens is 1. The zero-order chi connectivity index (χ0) is 18.1. The minimum absolute atomic E-state index is 0. The van der Waals surface area contributed by atoms with Gasteiger partial charge in [0.25, 0.3) is 0 Å². The van der Waals surface area contributed by atoms with Crippen LogP contribution in [0.1, 0.15) is 71.6 Å². The van der Waals surface area contributed by atoms with Gasteiger partial charge < -0.3 is 31.8 Å². The summed E-state index contributed by atoms with van der Waals surface area (Å²) in [6.07, 6.45) is 11.7. The summed E-state index contributed by atoms with van der Waals surface area (Å²) in [5.74, 6) is 0.853. The van der Waals surface area contributed by atoms with E-state index in [0.717, 1.165) is 36.6 Å². The summed E-state index contributed by atoms with van der Waals surface area (Å²) in [5, 5.41) is 18.2. The number of ether oxygens (including phenoxy) is 1. The molecule has 0 radical (unpaired) electrons. The van der Waals surface area contributed by atoms with Crippen LogP contribution in [0.15, 0.2) is 0 Å². The Balaban J connectivity index is 0. The number of quaternary nitrogens is 1. The van der Waals surface area contributed by atoms with Crippen LogP contribution in [0.25, 0.3) is 0 Å². The number of hydrogen-bond donors (Lipinski definition) is 2. The summed E-state index contributed by atoms with van der Waals surface area (Å²) >= 11 is 0. The van der Waals surface area contributed by atoms with Gasteiger partial charge in [-0.1, -0.05) is 58.8 Å². The third-order valence-corrected chi connectivity index (χ3v) is 4.84. The molecule has 0 spiro atoms. The van der Waals surface area contributed by atoms with Crippen LogP contribution in [0, 0.1) is 5.92 Å². The van der Waals surface area contributed by atoms with E-state index in [1.807, 2.05) is 0 Å². The lowest BCUT2D eigenvalue weighted by Crippen LogP contribution is -3.00. The second kappa shape index (κ2) is 18.9. The summed E-state index contributed by atoms with van der Waals surface area (Å²) in [4.78, 5) is 0. The van der Waals surface area contributed by atoms with Gasteiger partial charge in [-0.05, 0) is 12.3 Å². The molecule has 0 aliphatic rings. The number of likely N-dealkylation sites (N-methyl/N-ethyl adjacent to an activating group) is 1. The van der Waals surface area contributed by atoms with Crippen molar-refractivity contribution in [2.24, 2.45) is 5.92 Å². The fourth-order valence-electron chi connectivity index (χ4n) is 3.11. The number of hydrogen-bond acceptors (Lipinski definition) is 3. The SMILES string of the molecule is CC(C)CCCCCCCCCOCCC[N+](C)(CCO)CCO.[Cl-]. The zero-order valence-electron chi connectivity index (χ0n) is 17.0. The summed E-state index contributed by atoms with van der Waals surface area (Å²) in [5.41, 5.74) is 0. The number of nitrogens with zero attached hydrogens (tertiary/aromatic N) is 1. The molecule has 0 aliphatic carbocycles. The highest BCUT2D eigenvalue weighted by atomic mass is 35.5. The molecular weight excluding hydrogens is 338 g/mol. The first-order valence-corrected chi connectivity index (χ1v) is 10.2. The van der Waals surface area contributed by atoms with E-state index >= 15 is 0 Å². The molecule has 0 heterocycles. The van der Waals surface area contributed by atoms with E-state index in [0.29, 0.717) is 13.1 Å². The van der Waals surface area contributed by atoms with E-state index in [1.54, 1.807) is 0 Å². The Morgan fingerprint density at radius 1 is 0.720 bits per heavy atom. The van der Waals surface area contributed by atoms with E-state index < -0.39 is 0 Å². The van der Waals surface area contributed by atoms with Gasteiger partial charge in [0.15, 0.2) is 0 Å². The largest absolute Gasteiger partial charge is 1.00 e. The molecule has 154 valence electrons. The van der Waals surface area contributed by atoms with Crippen molar-refractivity contribution in [1.29, 1.82) is 0 Å². The van der Waals surface area contributed by atoms with Crippen molar-refractivity contribution in [3.8, 4) is 0 Å². The minimum Gasteiger partial charge on any atom is -1.00 e. The van der Waals surface area contributed by atoms with Crippen molar-refractivity contribution in [2.75, 3.05) is 53.1 Å². The predicted octanol–water partition coefficient (Wildman–Crippen LogP) is 0.605. The van der Waals surface area contributed by atoms with Crippen molar-refractivity contribution < 1.29 is 31.8 Å². The molecule has 5 heteroatoms. The van der Waals surface area contributed by atoms with Gasteiger partial charge in [-0.25, -0.2) is 0 Å². The topological polar surface area (TPSA) is 49.7 Å². The molecule has 0 atom stereocenters. The highest BCUT2D eigenvalue weighted by Gasteiger charge is 2.19. The molecule has 4 nitrogen and oxygen atoms in total. The van der Waals surface area contributed by atoms with Gasteiger partial charge in [-0.2, -0.15) is 0 Å². The third-order valence-electron chi connectivity index (χ3n) is 4.84. The first kappa shape index (κ1) is 27.3. The van der Waals surface area contributed by atoms with Gasteiger partial charge >= 0.3 is 0 Å². The number of aliphatic hydroxyl groups excluding tert-OH is 2. The minimum atomic E-state index is 0. The van der Waals surface area contributed by atoms with Crippen molar-refractivity contribution in [1.82, 2.24) is 0 Å². The van der Waals surface area contributed by atoms with E-state index in [1.165, 1.54) is 51.4 Å². The molecule has 0 saturated heterocycles. The second-order valence-corrected chi connectivity index (χ2v) is 7.86. The Labute approximate surface area is 162 Å². The van der Waals surface area contributed by atoms with Crippen LogP contribution in [0.5, 0.6) is 0 Å². The monoisotopic (exact) mass is 381 g/mol. The molecule has 0 aromatic heterocycles. The van der Waals surface area contributed by atoms with Crippen LogP contribution in [-0.4, -0.2) is 67.8 Å². The van der Waals surface area contributed by atoms with Crippen LogP contribution >= 0.6 is 0 Å². The normalized spacial score (nSPS) is 11.8. The van der Waals surface area contributed by atoms with Gasteiger partial charge in [-0.15, -0.1) is 0 Å². The molecule has 0 aromatic rings. The lowest BCUT2D eigenvalue weighted by atomic mass is 10.0. The van der Waals surface area contributed by atoms with E-state index in [2.05, 4.69) is 20.9 Å². The number of unbranched alkanes of at least 4 members (excludes halogenated alkanes) is 6. The van der Waals surface area contributed by atoms with E-state index in [-0.39, 0.29) is 25.6 Å². The Kier molecular flexibility index (Phi) is 20.7. The molecule has 0 rings (SSSR count).